The molecule has 1 amide bonds. The summed E-state index contributed by atoms with van der Waals surface area (Å²) in [6.45, 7) is 1.49. The van der Waals surface area contributed by atoms with Gasteiger partial charge in [-0.05, 0) is 63.2 Å². The number of aliphatic hydroxyl groups excluding tert-OH is 1. The lowest BCUT2D eigenvalue weighted by molar-refractivity contribution is -0.147. The molecular weight excluding hydrogens is 428 g/mol. The molecule has 178 valence electrons. The molecule has 4 bridgehead atoms. The molecule has 1 heterocycles. The number of likely N-dealkylation sites (tertiary alicyclic amines) is 1. The van der Waals surface area contributed by atoms with Crippen molar-refractivity contribution in [2.75, 3.05) is 26.2 Å². The van der Waals surface area contributed by atoms with Gasteiger partial charge >= 0.3 is 0 Å². The van der Waals surface area contributed by atoms with Crippen molar-refractivity contribution in [2.24, 2.45) is 17.6 Å². The maximum atomic E-state index is 12.4. The average Bonchev–Trinajstić information content (AvgIpc) is 3.12. The first-order valence-electron chi connectivity index (χ1n) is 10.6. The van der Waals surface area contributed by atoms with Crippen LogP contribution in [0.3, 0.4) is 0 Å². The molecule has 0 radical (unpaired) electrons. The minimum Gasteiger partial charge on any atom is -0.759 e. The van der Waals surface area contributed by atoms with E-state index in [9.17, 15) is 9.90 Å². The molecule has 2 unspecified atom stereocenters. The Balaban J connectivity index is 0.000000325. The van der Waals surface area contributed by atoms with Gasteiger partial charge in [0.05, 0.1) is 24.8 Å². The topological polar surface area (TPSA) is 203 Å². The van der Waals surface area contributed by atoms with Crippen LogP contribution in [0, 0.1) is 23.2 Å². The van der Waals surface area contributed by atoms with Crippen molar-refractivity contribution in [3.05, 3.63) is 0 Å². The van der Waals surface area contributed by atoms with Gasteiger partial charge < -0.3 is 35.3 Å². The minimum atomic E-state index is -5.17. The van der Waals surface area contributed by atoms with Crippen LogP contribution in [0.2, 0.25) is 0 Å². The summed E-state index contributed by atoms with van der Waals surface area (Å²) in [5.74, 6) is 1.28. The number of carbonyl (C=O) groups is 1. The van der Waals surface area contributed by atoms with E-state index in [0.29, 0.717) is 31.5 Å². The number of nitrogens with two attached hydrogens (primary N) is 1. The Morgan fingerprint density at radius 3 is 2.26 bits per heavy atom. The molecule has 0 spiro atoms. The predicted molar refractivity (Wildman–Crippen MR) is 107 cm³/mol. The maximum Gasteiger partial charge on any atom is 0.237 e. The molecule has 5 rings (SSSR count). The first-order chi connectivity index (χ1) is 14.4. The molecule has 4 aliphatic carbocycles. The highest BCUT2D eigenvalue weighted by Crippen LogP contribution is 2.57. The molecule has 3 atom stereocenters. The SMILES string of the molecule is N#C[C@@H]1CCCN1C(=O)CNC12CC3CC(CC(O)(C3)C1)C2.NCCO.O=S(=O)([O-])[O-]. The Kier molecular flexibility index (Phi) is 8.80. The number of hydrogen-bond donors (Lipinski definition) is 4. The summed E-state index contributed by atoms with van der Waals surface area (Å²) in [5, 5.41) is 31.1. The molecule has 1 aliphatic heterocycles. The van der Waals surface area contributed by atoms with Crippen molar-refractivity contribution >= 4 is 16.3 Å². The standard InChI is InChI=1S/C17H25N3O2.C2H7NO.H2O4S/c18-9-14-2-1-3-20(14)15(21)10-19-16-5-12-4-13(6-16)8-17(22,7-12)11-16;3-1-2-4;1-5(2,3)4/h12-14,19,22H,1-8,10-11H2;4H,1-3H2;(H2,1,2,3,4)/p-2/t12?,13?,14-,16?,17?;;/m0../s1. The molecule has 0 aromatic heterocycles. The average molecular weight is 461 g/mol. The summed E-state index contributed by atoms with van der Waals surface area (Å²) >= 11 is 0. The van der Waals surface area contributed by atoms with Gasteiger partial charge in [0.1, 0.15) is 6.04 Å². The van der Waals surface area contributed by atoms with Crippen LogP contribution >= 0.6 is 0 Å². The van der Waals surface area contributed by atoms with Gasteiger partial charge in [0.25, 0.3) is 0 Å². The lowest BCUT2D eigenvalue weighted by atomic mass is 9.51. The van der Waals surface area contributed by atoms with Crippen LogP contribution in [0.1, 0.15) is 51.4 Å². The Morgan fingerprint density at radius 1 is 1.26 bits per heavy atom. The number of nitriles is 1. The number of hydrogen-bond acceptors (Lipinski definition) is 10. The third-order valence-corrected chi connectivity index (χ3v) is 6.50. The highest BCUT2D eigenvalue weighted by Gasteiger charge is 2.57. The summed E-state index contributed by atoms with van der Waals surface area (Å²) < 4.78 is 34.1. The van der Waals surface area contributed by atoms with Crippen LogP contribution in [0.25, 0.3) is 0 Å². The predicted octanol–water partition coefficient (Wildman–Crippen LogP) is -1.23. The second-order valence-electron chi connectivity index (χ2n) is 9.11. The molecule has 5 aliphatic rings. The zero-order valence-corrected chi connectivity index (χ0v) is 18.3. The molecule has 5 fully saturated rings. The lowest BCUT2D eigenvalue weighted by Gasteiger charge is -2.60. The molecule has 11 nitrogen and oxygen atoms in total. The first-order valence-corrected chi connectivity index (χ1v) is 11.9. The van der Waals surface area contributed by atoms with Crippen LogP contribution in [0.5, 0.6) is 0 Å². The minimum absolute atomic E-state index is 0.0453. The summed E-state index contributed by atoms with van der Waals surface area (Å²) in [7, 11) is -5.17. The van der Waals surface area contributed by atoms with Crippen LogP contribution in [0.15, 0.2) is 0 Å². The fraction of sp³-hybridized carbons (Fsp3) is 0.895. The molecule has 0 aromatic rings. The summed E-state index contributed by atoms with van der Waals surface area (Å²) in [6, 6.07) is 1.99. The monoisotopic (exact) mass is 460 g/mol. The van der Waals surface area contributed by atoms with Crippen LogP contribution in [-0.2, 0) is 15.2 Å². The number of aliphatic hydroxyl groups is 2. The highest BCUT2D eigenvalue weighted by atomic mass is 32.3. The maximum absolute atomic E-state index is 12.4. The fourth-order valence-electron chi connectivity index (χ4n) is 5.99. The van der Waals surface area contributed by atoms with E-state index >= 15 is 0 Å². The molecule has 0 aromatic carbocycles. The molecule has 12 heteroatoms. The summed E-state index contributed by atoms with van der Waals surface area (Å²) in [4.78, 5) is 14.2. The van der Waals surface area contributed by atoms with Crippen molar-refractivity contribution in [2.45, 2.75) is 68.5 Å². The summed E-state index contributed by atoms with van der Waals surface area (Å²) in [6.07, 6.45) is 7.87. The number of nitrogens with one attached hydrogen (secondary N) is 1. The normalized spacial score (nSPS) is 35.5. The summed E-state index contributed by atoms with van der Waals surface area (Å²) in [5.41, 5.74) is 4.24. The van der Waals surface area contributed by atoms with E-state index in [2.05, 4.69) is 11.4 Å². The second kappa shape index (κ2) is 10.5. The molecule has 5 N–H and O–H groups in total. The largest absolute Gasteiger partial charge is 0.759 e. The van der Waals surface area contributed by atoms with E-state index in [4.69, 9.17) is 33.6 Å². The van der Waals surface area contributed by atoms with Crippen LogP contribution < -0.4 is 11.1 Å². The third kappa shape index (κ3) is 7.64. The zero-order chi connectivity index (χ0) is 23.3. The van der Waals surface area contributed by atoms with E-state index in [1.54, 1.807) is 4.90 Å². The second-order valence-corrected chi connectivity index (χ2v) is 9.93. The van der Waals surface area contributed by atoms with Gasteiger partial charge in [-0.15, -0.1) is 0 Å². The Labute approximate surface area is 183 Å². The van der Waals surface area contributed by atoms with Gasteiger partial charge in [0, 0.05) is 29.0 Å². The van der Waals surface area contributed by atoms with Crippen LogP contribution in [-0.4, -0.2) is 82.0 Å². The van der Waals surface area contributed by atoms with E-state index in [1.165, 1.54) is 6.42 Å². The molecule has 1 saturated heterocycles. The van der Waals surface area contributed by atoms with Gasteiger partial charge in [-0.25, -0.2) is 0 Å². The fourth-order valence-corrected chi connectivity index (χ4v) is 5.99. The third-order valence-electron chi connectivity index (χ3n) is 6.50. The number of carbonyl (C=O) groups excluding carboxylic acids is 1. The van der Waals surface area contributed by atoms with Gasteiger partial charge in [-0.3, -0.25) is 13.2 Å². The van der Waals surface area contributed by atoms with E-state index in [-0.39, 0.29) is 24.1 Å². The van der Waals surface area contributed by atoms with E-state index in [1.807, 2.05) is 0 Å². The van der Waals surface area contributed by atoms with Crippen molar-refractivity contribution < 1.29 is 32.5 Å². The highest BCUT2D eigenvalue weighted by molar-refractivity contribution is 7.79. The van der Waals surface area contributed by atoms with Gasteiger partial charge in [0.15, 0.2) is 0 Å². The first kappa shape index (κ1) is 25.9. The molecular formula is C19H32N4O7S-2. The quantitative estimate of drug-likeness (QED) is 0.290. The van der Waals surface area contributed by atoms with Gasteiger partial charge in [-0.1, -0.05) is 0 Å². The van der Waals surface area contributed by atoms with Crippen molar-refractivity contribution in [1.82, 2.24) is 10.2 Å². The number of rotatable bonds is 4. The Morgan fingerprint density at radius 2 is 1.81 bits per heavy atom. The molecule has 4 saturated carbocycles. The van der Waals surface area contributed by atoms with Gasteiger partial charge in [0.2, 0.25) is 5.91 Å². The van der Waals surface area contributed by atoms with Gasteiger partial charge in [-0.2, -0.15) is 5.26 Å². The van der Waals surface area contributed by atoms with Crippen LogP contribution in [0.4, 0.5) is 0 Å². The van der Waals surface area contributed by atoms with Crippen molar-refractivity contribution in [3.8, 4) is 6.07 Å². The van der Waals surface area contributed by atoms with E-state index in [0.717, 1.165) is 44.9 Å². The van der Waals surface area contributed by atoms with Crippen molar-refractivity contribution in [3.63, 3.8) is 0 Å². The molecule has 31 heavy (non-hydrogen) atoms. The van der Waals surface area contributed by atoms with E-state index < -0.39 is 16.0 Å². The number of nitrogens with zero attached hydrogens (tertiary/aromatic N) is 2. The van der Waals surface area contributed by atoms with Crippen molar-refractivity contribution in [1.29, 1.82) is 5.26 Å². The number of amides is 1. The Hall–Kier alpha value is -1.33. The lowest BCUT2D eigenvalue weighted by Crippen LogP contribution is -2.65. The smallest absolute Gasteiger partial charge is 0.237 e. The zero-order valence-electron chi connectivity index (χ0n) is 17.5. The Bertz CT molecular complexity index is 746.